The molecule has 1 aliphatic heterocycles. The number of benzene rings is 1. The van der Waals surface area contributed by atoms with E-state index in [2.05, 4.69) is 25.9 Å². The van der Waals surface area contributed by atoms with Gasteiger partial charge in [0.25, 0.3) is 0 Å². The Bertz CT molecular complexity index is 1240. The van der Waals surface area contributed by atoms with Gasteiger partial charge in [-0.3, -0.25) is 4.90 Å². The van der Waals surface area contributed by atoms with E-state index in [0.29, 0.717) is 25.6 Å². The van der Waals surface area contributed by atoms with E-state index in [9.17, 15) is 0 Å². The summed E-state index contributed by atoms with van der Waals surface area (Å²) in [5, 5.41) is 1.03. The molecule has 3 aromatic heterocycles. The minimum Gasteiger partial charge on any atom is -0.493 e. The summed E-state index contributed by atoms with van der Waals surface area (Å²) in [6.45, 7) is 2.76. The van der Waals surface area contributed by atoms with Crippen LogP contribution >= 0.6 is 0 Å². The highest BCUT2D eigenvalue weighted by molar-refractivity contribution is 5.83. The Kier molecular flexibility index (Phi) is 5.89. The molecule has 0 saturated carbocycles. The summed E-state index contributed by atoms with van der Waals surface area (Å²) in [5.41, 5.74) is 3.35. The maximum Gasteiger partial charge on any atom is 0.225 e. The fourth-order valence-corrected chi connectivity index (χ4v) is 4.07. The summed E-state index contributed by atoms with van der Waals surface area (Å²) in [6, 6.07) is 7.99. The van der Waals surface area contributed by atoms with Crippen LogP contribution < -0.4 is 9.64 Å². The minimum absolute atomic E-state index is 0.213. The van der Waals surface area contributed by atoms with Gasteiger partial charge in [0.2, 0.25) is 5.95 Å². The number of fused-ring (bicyclic) bond motifs is 1. The van der Waals surface area contributed by atoms with Crippen LogP contribution in [0, 0.1) is 0 Å². The lowest BCUT2D eigenvalue weighted by Gasteiger charge is -2.33. The number of furan rings is 1. The van der Waals surface area contributed by atoms with Crippen molar-refractivity contribution in [2.45, 2.75) is 12.6 Å². The first kappa shape index (κ1) is 21.3. The first-order valence-electron chi connectivity index (χ1n) is 10.8. The first-order chi connectivity index (χ1) is 16.1. The molecule has 0 spiro atoms. The number of methoxy groups -OCH3 is 1. The topological polar surface area (TPSA) is 89.6 Å². The molecule has 9 heteroatoms. The van der Waals surface area contributed by atoms with Gasteiger partial charge in [-0.15, -0.1) is 0 Å². The summed E-state index contributed by atoms with van der Waals surface area (Å²) in [7, 11) is 5.51. The third kappa shape index (κ3) is 4.37. The Morgan fingerprint density at radius 3 is 2.82 bits per heavy atom. The zero-order valence-corrected chi connectivity index (χ0v) is 18.9. The Hall–Kier alpha value is -3.56. The van der Waals surface area contributed by atoms with Gasteiger partial charge in [-0.2, -0.15) is 0 Å². The van der Waals surface area contributed by atoms with Crippen molar-refractivity contribution >= 4 is 16.9 Å². The maximum atomic E-state index is 6.18. The van der Waals surface area contributed by atoms with Crippen LogP contribution in [-0.2, 0) is 11.3 Å². The van der Waals surface area contributed by atoms with Crippen LogP contribution in [0.2, 0.25) is 0 Å². The molecule has 5 rings (SSSR count). The number of hydrogen-bond acceptors (Lipinski definition) is 9. The number of morpholine rings is 1. The standard InChI is InChI=1S/C24H26N6O3/c1-29(2)24-27-12-19(17-10-25-15-26-11-17)22(28-24)21-14-30(7-8-32-21)13-18-9-16-5-4-6-20(31-3)23(16)33-18/h4-6,9-12,15,21H,7-8,13-14H2,1-3H3/t21-/m1/s1. The molecule has 4 heterocycles. The highest BCUT2D eigenvalue weighted by atomic mass is 16.5. The summed E-state index contributed by atoms with van der Waals surface area (Å²) < 4.78 is 17.7. The summed E-state index contributed by atoms with van der Waals surface area (Å²) in [6.07, 6.45) is 6.67. The molecule has 33 heavy (non-hydrogen) atoms. The number of nitrogens with zero attached hydrogens (tertiary/aromatic N) is 6. The molecule has 0 bridgehead atoms. The quantitative estimate of drug-likeness (QED) is 0.442. The summed E-state index contributed by atoms with van der Waals surface area (Å²) in [5.74, 6) is 2.27. The van der Waals surface area contributed by atoms with Gasteiger partial charge in [-0.05, 0) is 12.1 Å². The van der Waals surface area contributed by atoms with Gasteiger partial charge in [-0.1, -0.05) is 12.1 Å². The van der Waals surface area contributed by atoms with Crippen molar-refractivity contribution in [3.8, 4) is 16.9 Å². The maximum absolute atomic E-state index is 6.18. The van der Waals surface area contributed by atoms with Crippen LogP contribution in [-0.4, -0.2) is 65.7 Å². The lowest BCUT2D eigenvalue weighted by molar-refractivity contribution is -0.0363. The van der Waals surface area contributed by atoms with Crippen LogP contribution in [0.3, 0.4) is 0 Å². The van der Waals surface area contributed by atoms with Crippen LogP contribution in [0.15, 0.2) is 53.6 Å². The second kappa shape index (κ2) is 9.13. The fourth-order valence-electron chi connectivity index (χ4n) is 4.07. The van der Waals surface area contributed by atoms with E-state index >= 15 is 0 Å². The van der Waals surface area contributed by atoms with E-state index in [1.54, 1.807) is 19.5 Å². The van der Waals surface area contributed by atoms with Crippen LogP contribution in [0.1, 0.15) is 17.6 Å². The van der Waals surface area contributed by atoms with Crippen molar-refractivity contribution in [3.05, 3.63) is 60.6 Å². The Morgan fingerprint density at radius 2 is 2.03 bits per heavy atom. The van der Waals surface area contributed by atoms with Gasteiger partial charge in [0.15, 0.2) is 11.3 Å². The van der Waals surface area contributed by atoms with Crippen molar-refractivity contribution in [2.75, 3.05) is 45.8 Å². The van der Waals surface area contributed by atoms with Crippen molar-refractivity contribution < 1.29 is 13.9 Å². The van der Waals surface area contributed by atoms with Gasteiger partial charge >= 0.3 is 0 Å². The van der Waals surface area contributed by atoms with Crippen molar-refractivity contribution in [3.63, 3.8) is 0 Å². The molecule has 0 N–H and O–H groups in total. The summed E-state index contributed by atoms with van der Waals surface area (Å²) >= 11 is 0. The fraction of sp³-hybridized carbons (Fsp3) is 0.333. The molecular formula is C24H26N6O3. The van der Waals surface area contributed by atoms with Crippen LogP contribution in [0.4, 0.5) is 5.95 Å². The lowest BCUT2D eigenvalue weighted by atomic mass is 10.0. The number of para-hydroxylation sites is 1. The van der Waals surface area contributed by atoms with Crippen LogP contribution in [0.5, 0.6) is 5.75 Å². The number of anilines is 1. The van der Waals surface area contributed by atoms with Crippen molar-refractivity contribution in [1.29, 1.82) is 0 Å². The second-order valence-corrected chi connectivity index (χ2v) is 8.18. The van der Waals surface area contributed by atoms with E-state index in [0.717, 1.165) is 45.8 Å². The largest absolute Gasteiger partial charge is 0.493 e. The van der Waals surface area contributed by atoms with Crippen LogP contribution in [0.25, 0.3) is 22.1 Å². The first-order valence-corrected chi connectivity index (χ1v) is 10.8. The van der Waals surface area contributed by atoms with E-state index in [4.69, 9.17) is 18.9 Å². The van der Waals surface area contributed by atoms with Gasteiger partial charge < -0.3 is 18.8 Å². The molecule has 1 fully saturated rings. The number of aromatic nitrogens is 4. The Balaban J connectivity index is 1.42. The van der Waals surface area contributed by atoms with Crippen molar-refractivity contribution in [1.82, 2.24) is 24.8 Å². The number of ether oxygens (including phenoxy) is 2. The highest BCUT2D eigenvalue weighted by Crippen LogP contribution is 2.33. The monoisotopic (exact) mass is 446 g/mol. The van der Waals surface area contributed by atoms with E-state index in [1.807, 2.05) is 43.4 Å². The minimum atomic E-state index is -0.213. The molecule has 1 aliphatic rings. The van der Waals surface area contributed by atoms with Gasteiger partial charge in [0.05, 0.1) is 26.0 Å². The summed E-state index contributed by atoms with van der Waals surface area (Å²) in [4.78, 5) is 21.9. The molecule has 0 radical (unpaired) electrons. The van der Waals surface area contributed by atoms with Gasteiger partial charge in [0, 0.05) is 62.3 Å². The molecule has 0 unspecified atom stereocenters. The molecule has 4 aromatic rings. The number of hydrogen-bond donors (Lipinski definition) is 0. The van der Waals surface area contributed by atoms with E-state index < -0.39 is 0 Å². The molecule has 0 aliphatic carbocycles. The Morgan fingerprint density at radius 1 is 1.18 bits per heavy atom. The molecule has 0 amide bonds. The normalized spacial score (nSPS) is 16.8. The average Bonchev–Trinajstić information content (AvgIpc) is 3.27. The van der Waals surface area contributed by atoms with Crippen molar-refractivity contribution in [2.24, 2.45) is 0 Å². The second-order valence-electron chi connectivity index (χ2n) is 8.18. The third-order valence-electron chi connectivity index (χ3n) is 5.69. The van der Waals surface area contributed by atoms with Gasteiger partial charge in [-0.25, -0.2) is 19.9 Å². The SMILES string of the molecule is COc1cccc2cc(CN3CCO[C@@H](c4nc(N(C)C)ncc4-c4cncnc4)C3)oc12. The molecule has 1 saturated heterocycles. The molecule has 9 nitrogen and oxygen atoms in total. The predicted molar refractivity (Wildman–Crippen MR) is 124 cm³/mol. The molecule has 170 valence electrons. The predicted octanol–water partition coefficient (Wildman–Crippen LogP) is 3.33. The van der Waals surface area contributed by atoms with E-state index in [-0.39, 0.29) is 6.10 Å². The molecule has 1 atom stereocenters. The molecule has 1 aromatic carbocycles. The van der Waals surface area contributed by atoms with Gasteiger partial charge in [0.1, 0.15) is 18.2 Å². The zero-order chi connectivity index (χ0) is 22.8. The highest BCUT2D eigenvalue weighted by Gasteiger charge is 2.27. The van der Waals surface area contributed by atoms with E-state index in [1.165, 1.54) is 6.33 Å². The third-order valence-corrected chi connectivity index (χ3v) is 5.69. The molecular weight excluding hydrogens is 420 g/mol. The number of rotatable bonds is 6. The lowest BCUT2D eigenvalue weighted by Crippen LogP contribution is -2.38. The Labute approximate surface area is 192 Å². The zero-order valence-electron chi connectivity index (χ0n) is 18.9. The smallest absolute Gasteiger partial charge is 0.225 e. The average molecular weight is 447 g/mol.